The van der Waals surface area contributed by atoms with Crippen LogP contribution in [0, 0.1) is 5.82 Å². The third-order valence-electron chi connectivity index (χ3n) is 4.67. The van der Waals surface area contributed by atoms with Gasteiger partial charge in [0.1, 0.15) is 17.5 Å². The smallest absolute Gasteiger partial charge is 0.257 e. The Morgan fingerprint density at radius 2 is 1.96 bits per heavy atom. The normalized spacial score (nSPS) is 14.3. The fourth-order valence-electron chi connectivity index (χ4n) is 3.33. The second-order valence-electron chi connectivity index (χ2n) is 6.62. The molecule has 7 heteroatoms. The third-order valence-corrected chi connectivity index (χ3v) is 4.67. The number of rotatable bonds is 5. The predicted molar refractivity (Wildman–Crippen MR) is 102 cm³/mol. The lowest BCUT2D eigenvalue weighted by Gasteiger charge is -2.13. The summed E-state index contributed by atoms with van der Waals surface area (Å²) in [5, 5.41) is 10.4. The van der Waals surface area contributed by atoms with Gasteiger partial charge in [-0.05, 0) is 43.2 Å². The van der Waals surface area contributed by atoms with Crippen LogP contribution in [-0.2, 0) is 0 Å². The van der Waals surface area contributed by atoms with Crippen LogP contribution in [0.2, 0.25) is 0 Å². The molecule has 1 fully saturated rings. The first-order valence-corrected chi connectivity index (χ1v) is 9.03. The zero-order valence-corrected chi connectivity index (χ0v) is 14.7. The lowest BCUT2D eigenvalue weighted by Crippen LogP contribution is -2.18. The van der Waals surface area contributed by atoms with Gasteiger partial charge in [0.25, 0.3) is 5.91 Å². The van der Waals surface area contributed by atoms with Gasteiger partial charge in [0, 0.05) is 23.9 Å². The molecule has 0 bridgehead atoms. The molecule has 2 heterocycles. The minimum absolute atomic E-state index is 0.273. The largest absolute Gasteiger partial charge is 0.367 e. The Kier molecular flexibility index (Phi) is 4.82. The van der Waals surface area contributed by atoms with Crippen LogP contribution in [0.1, 0.15) is 36.0 Å². The summed E-state index contributed by atoms with van der Waals surface area (Å²) >= 11 is 0. The summed E-state index contributed by atoms with van der Waals surface area (Å²) in [7, 11) is 0. The Hall–Kier alpha value is -3.22. The number of amides is 1. The van der Waals surface area contributed by atoms with Gasteiger partial charge in [-0.1, -0.05) is 18.9 Å². The molecule has 1 aliphatic rings. The predicted octanol–water partition coefficient (Wildman–Crippen LogP) is 4.01. The molecule has 1 aromatic carbocycles. The first-order chi connectivity index (χ1) is 13.2. The molecule has 2 N–H and O–H groups in total. The number of nitrogens with zero attached hydrogens (tertiary/aromatic N) is 3. The molecule has 27 heavy (non-hydrogen) atoms. The lowest BCUT2D eigenvalue weighted by molar-refractivity contribution is 0.102. The number of hydrogen-bond acceptors (Lipinski definition) is 4. The summed E-state index contributed by atoms with van der Waals surface area (Å²) in [5.41, 5.74) is 1.03. The van der Waals surface area contributed by atoms with Crippen molar-refractivity contribution in [1.82, 2.24) is 14.8 Å². The zero-order valence-electron chi connectivity index (χ0n) is 14.7. The van der Waals surface area contributed by atoms with E-state index in [2.05, 4.69) is 20.7 Å². The van der Waals surface area contributed by atoms with Crippen molar-refractivity contribution in [3.8, 4) is 5.69 Å². The SMILES string of the molecule is O=C(Nc1ccnn1-c1cccc(F)c1)c1ccnc(NC2CCCC2)c1. The molecule has 0 aliphatic heterocycles. The molecule has 1 aliphatic carbocycles. The van der Waals surface area contributed by atoms with Gasteiger partial charge in [0.15, 0.2) is 0 Å². The second-order valence-corrected chi connectivity index (χ2v) is 6.62. The fourth-order valence-corrected chi connectivity index (χ4v) is 3.33. The highest BCUT2D eigenvalue weighted by Gasteiger charge is 2.16. The molecule has 0 radical (unpaired) electrons. The molecule has 1 saturated carbocycles. The molecule has 0 atom stereocenters. The van der Waals surface area contributed by atoms with Gasteiger partial charge in [0.05, 0.1) is 11.9 Å². The van der Waals surface area contributed by atoms with Gasteiger partial charge in [0.2, 0.25) is 0 Å². The Morgan fingerprint density at radius 3 is 2.78 bits per heavy atom. The van der Waals surface area contributed by atoms with E-state index < -0.39 is 0 Å². The summed E-state index contributed by atoms with van der Waals surface area (Å²) in [6.07, 6.45) is 7.88. The van der Waals surface area contributed by atoms with E-state index >= 15 is 0 Å². The number of halogens is 1. The van der Waals surface area contributed by atoms with Crippen molar-refractivity contribution in [2.24, 2.45) is 0 Å². The Labute approximate surface area is 156 Å². The van der Waals surface area contributed by atoms with Gasteiger partial charge >= 0.3 is 0 Å². The van der Waals surface area contributed by atoms with E-state index in [1.165, 1.54) is 29.7 Å². The standard InChI is InChI=1S/C20H20FN5O/c21-15-4-3-7-17(13-15)26-19(9-11-23-26)25-20(27)14-8-10-22-18(12-14)24-16-5-1-2-6-16/h3-4,7-13,16H,1-2,5-6H2,(H,22,24)(H,25,27). The summed E-state index contributed by atoms with van der Waals surface area (Å²) in [6, 6.07) is 11.5. The van der Waals surface area contributed by atoms with Crippen LogP contribution in [-0.4, -0.2) is 26.7 Å². The van der Waals surface area contributed by atoms with Crippen molar-refractivity contribution in [1.29, 1.82) is 0 Å². The number of nitrogens with one attached hydrogen (secondary N) is 2. The molecule has 0 spiro atoms. The number of aromatic nitrogens is 3. The van der Waals surface area contributed by atoms with Crippen LogP contribution >= 0.6 is 0 Å². The molecule has 6 nitrogen and oxygen atoms in total. The maximum Gasteiger partial charge on any atom is 0.257 e. The molecular formula is C20H20FN5O. The summed E-state index contributed by atoms with van der Waals surface area (Å²) < 4.78 is 15.0. The first-order valence-electron chi connectivity index (χ1n) is 9.03. The topological polar surface area (TPSA) is 71.8 Å². The van der Waals surface area contributed by atoms with Crippen molar-refractivity contribution < 1.29 is 9.18 Å². The average Bonchev–Trinajstić information content (AvgIpc) is 3.34. The number of carbonyl (C=O) groups is 1. The molecule has 0 saturated heterocycles. The van der Waals surface area contributed by atoms with E-state index in [1.807, 2.05) is 0 Å². The van der Waals surface area contributed by atoms with Crippen molar-refractivity contribution >= 4 is 17.5 Å². The number of pyridine rings is 1. The van der Waals surface area contributed by atoms with E-state index in [0.29, 0.717) is 28.9 Å². The van der Waals surface area contributed by atoms with E-state index in [4.69, 9.17) is 0 Å². The van der Waals surface area contributed by atoms with Crippen LogP contribution in [0.5, 0.6) is 0 Å². The van der Waals surface area contributed by atoms with Gasteiger partial charge in [-0.25, -0.2) is 14.1 Å². The zero-order chi connectivity index (χ0) is 18.6. The number of hydrogen-bond donors (Lipinski definition) is 2. The minimum atomic E-state index is -0.364. The Morgan fingerprint density at radius 1 is 1.11 bits per heavy atom. The van der Waals surface area contributed by atoms with Crippen molar-refractivity contribution in [2.45, 2.75) is 31.7 Å². The maximum atomic E-state index is 13.5. The quantitative estimate of drug-likeness (QED) is 0.716. The van der Waals surface area contributed by atoms with Gasteiger partial charge in [-0.2, -0.15) is 5.10 Å². The van der Waals surface area contributed by atoms with Crippen molar-refractivity contribution in [3.05, 3.63) is 66.2 Å². The Balaban J connectivity index is 1.51. The van der Waals surface area contributed by atoms with E-state index in [1.54, 1.807) is 42.7 Å². The molecular weight excluding hydrogens is 345 g/mol. The molecule has 138 valence electrons. The van der Waals surface area contributed by atoms with Crippen LogP contribution in [0.25, 0.3) is 5.69 Å². The summed E-state index contributed by atoms with van der Waals surface area (Å²) in [5.74, 6) is 0.531. The van der Waals surface area contributed by atoms with Gasteiger partial charge in [-0.15, -0.1) is 0 Å². The average molecular weight is 365 g/mol. The first kappa shape index (κ1) is 17.2. The fraction of sp³-hybridized carbons (Fsp3) is 0.250. The summed E-state index contributed by atoms with van der Waals surface area (Å²) in [4.78, 5) is 17.0. The van der Waals surface area contributed by atoms with E-state index in [9.17, 15) is 9.18 Å². The minimum Gasteiger partial charge on any atom is -0.367 e. The van der Waals surface area contributed by atoms with Crippen molar-refractivity contribution in [3.63, 3.8) is 0 Å². The highest BCUT2D eigenvalue weighted by atomic mass is 19.1. The highest BCUT2D eigenvalue weighted by Crippen LogP contribution is 2.22. The molecule has 4 rings (SSSR count). The molecule has 3 aromatic rings. The van der Waals surface area contributed by atoms with Crippen LogP contribution in [0.15, 0.2) is 54.9 Å². The lowest BCUT2D eigenvalue weighted by atomic mass is 10.2. The van der Waals surface area contributed by atoms with Gasteiger partial charge in [-0.3, -0.25) is 4.79 Å². The monoisotopic (exact) mass is 365 g/mol. The van der Waals surface area contributed by atoms with Crippen LogP contribution in [0.3, 0.4) is 0 Å². The van der Waals surface area contributed by atoms with Crippen LogP contribution in [0.4, 0.5) is 16.0 Å². The maximum absolute atomic E-state index is 13.5. The number of anilines is 2. The van der Waals surface area contributed by atoms with E-state index in [-0.39, 0.29) is 11.7 Å². The summed E-state index contributed by atoms with van der Waals surface area (Å²) in [6.45, 7) is 0. The molecule has 1 amide bonds. The van der Waals surface area contributed by atoms with Gasteiger partial charge < -0.3 is 10.6 Å². The third kappa shape index (κ3) is 3.97. The second kappa shape index (κ2) is 7.57. The van der Waals surface area contributed by atoms with E-state index in [0.717, 1.165) is 12.8 Å². The highest BCUT2D eigenvalue weighted by molar-refractivity contribution is 6.04. The van der Waals surface area contributed by atoms with Crippen LogP contribution < -0.4 is 10.6 Å². The molecule has 0 unspecified atom stereocenters. The Bertz CT molecular complexity index is 949. The molecule has 2 aromatic heterocycles. The number of benzene rings is 1. The van der Waals surface area contributed by atoms with Crippen molar-refractivity contribution in [2.75, 3.05) is 10.6 Å². The number of carbonyl (C=O) groups excluding carboxylic acids is 1.